The molecule has 98 valence electrons. The number of nitrogens with zero attached hydrogens (tertiary/aromatic N) is 1. The van der Waals surface area contributed by atoms with Crippen LogP contribution in [0.1, 0.15) is 23.2 Å². The SMILES string of the molecule is O=C(NCCCCBr)c1cc(Cl)cc([N+](=O)[O-])c1. The normalized spacial score (nSPS) is 10.1. The van der Waals surface area contributed by atoms with Crippen LogP contribution in [0.4, 0.5) is 5.69 Å². The van der Waals surface area contributed by atoms with Gasteiger partial charge in [0.25, 0.3) is 11.6 Å². The molecule has 1 rings (SSSR count). The van der Waals surface area contributed by atoms with E-state index in [1.54, 1.807) is 0 Å². The highest BCUT2D eigenvalue weighted by molar-refractivity contribution is 9.09. The summed E-state index contributed by atoms with van der Waals surface area (Å²) in [5.74, 6) is -0.352. The van der Waals surface area contributed by atoms with Crippen molar-refractivity contribution in [2.75, 3.05) is 11.9 Å². The van der Waals surface area contributed by atoms with E-state index in [1.807, 2.05) is 0 Å². The molecule has 0 heterocycles. The molecule has 0 aliphatic heterocycles. The molecule has 0 radical (unpaired) electrons. The number of halogens is 2. The average molecular weight is 336 g/mol. The summed E-state index contributed by atoms with van der Waals surface area (Å²) >= 11 is 9.02. The molecule has 0 unspecified atom stereocenters. The topological polar surface area (TPSA) is 72.2 Å². The first-order chi connectivity index (χ1) is 8.54. The van der Waals surface area contributed by atoms with Crippen LogP contribution < -0.4 is 5.32 Å². The molecule has 0 aliphatic carbocycles. The lowest BCUT2D eigenvalue weighted by molar-refractivity contribution is -0.384. The van der Waals surface area contributed by atoms with Gasteiger partial charge in [-0.05, 0) is 18.9 Å². The molecule has 0 saturated heterocycles. The summed E-state index contributed by atoms with van der Waals surface area (Å²) < 4.78 is 0. The van der Waals surface area contributed by atoms with Gasteiger partial charge in [-0.3, -0.25) is 14.9 Å². The molecule has 0 saturated carbocycles. The fourth-order valence-corrected chi connectivity index (χ4v) is 1.96. The number of nitro benzene ring substituents is 1. The first-order valence-corrected chi connectivity index (χ1v) is 6.83. The molecule has 0 atom stereocenters. The lowest BCUT2D eigenvalue weighted by Crippen LogP contribution is -2.24. The minimum Gasteiger partial charge on any atom is -0.352 e. The van der Waals surface area contributed by atoms with Gasteiger partial charge in [-0.2, -0.15) is 0 Å². The Kier molecular flexibility index (Phi) is 6.07. The Balaban J connectivity index is 2.70. The number of benzene rings is 1. The molecule has 0 spiro atoms. The fourth-order valence-electron chi connectivity index (χ4n) is 1.33. The van der Waals surface area contributed by atoms with Gasteiger partial charge in [0, 0.05) is 34.6 Å². The van der Waals surface area contributed by atoms with E-state index in [9.17, 15) is 14.9 Å². The molecule has 0 aliphatic rings. The number of carbonyl (C=O) groups excluding carboxylic acids is 1. The van der Waals surface area contributed by atoms with E-state index in [0.717, 1.165) is 18.2 Å². The Morgan fingerprint density at radius 2 is 2.11 bits per heavy atom. The molecule has 1 aromatic carbocycles. The van der Waals surface area contributed by atoms with Crippen molar-refractivity contribution in [1.29, 1.82) is 0 Å². The standard InChI is InChI=1S/C11H12BrClN2O3/c12-3-1-2-4-14-11(16)8-5-9(13)7-10(6-8)15(17)18/h5-7H,1-4H2,(H,14,16). The average Bonchev–Trinajstić information content (AvgIpc) is 2.33. The minimum absolute atomic E-state index is 0.176. The van der Waals surface area contributed by atoms with E-state index in [0.29, 0.717) is 6.54 Å². The largest absolute Gasteiger partial charge is 0.352 e. The van der Waals surface area contributed by atoms with Gasteiger partial charge in [-0.15, -0.1) is 0 Å². The second kappa shape index (κ2) is 7.33. The van der Waals surface area contributed by atoms with Crippen molar-refractivity contribution in [2.24, 2.45) is 0 Å². The summed E-state index contributed by atoms with van der Waals surface area (Å²) in [5, 5.41) is 14.4. The van der Waals surface area contributed by atoms with E-state index in [4.69, 9.17) is 11.6 Å². The van der Waals surface area contributed by atoms with Crippen LogP contribution in [0.15, 0.2) is 18.2 Å². The molecular formula is C11H12BrClN2O3. The smallest absolute Gasteiger partial charge is 0.271 e. The second-order valence-electron chi connectivity index (χ2n) is 3.61. The third-order valence-electron chi connectivity index (χ3n) is 2.20. The molecule has 1 N–H and O–H groups in total. The number of unbranched alkanes of at least 4 members (excludes halogenated alkanes) is 1. The van der Waals surface area contributed by atoms with Crippen LogP contribution in [0.2, 0.25) is 5.02 Å². The summed E-state index contributed by atoms with van der Waals surface area (Å²) in [5.41, 5.74) is 0.0150. The molecule has 5 nitrogen and oxygen atoms in total. The van der Waals surface area contributed by atoms with E-state index >= 15 is 0 Å². The number of nitrogens with one attached hydrogen (secondary N) is 1. The zero-order valence-corrected chi connectivity index (χ0v) is 11.8. The van der Waals surface area contributed by atoms with Crippen LogP contribution in [-0.2, 0) is 0 Å². The first kappa shape index (κ1) is 14.9. The number of rotatable bonds is 6. The highest BCUT2D eigenvalue weighted by Gasteiger charge is 2.13. The second-order valence-corrected chi connectivity index (χ2v) is 4.84. The summed E-state index contributed by atoms with van der Waals surface area (Å²) in [6.07, 6.45) is 1.80. The Labute approximate surface area is 118 Å². The number of non-ortho nitro benzene ring substituents is 1. The Hall–Kier alpha value is -1.14. The van der Waals surface area contributed by atoms with Crippen molar-refractivity contribution in [3.63, 3.8) is 0 Å². The zero-order chi connectivity index (χ0) is 13.5. The number of carbonyl (C=O) groups is 1. The van der Waals surface area contributed by atoms with Crippen molar-refractivity contribution in [2.45, 2.75) is 12.8 Å². The fraction of sp³-hybridized carbons (Fsp3) is 0.364. The predicted octanol–water partition coefficient (Wildman–Crippen LogP) is 3.15. The van der Waals surface area contributed by atoms with Crippen LogP contribution in [0.25, 0.3) is 0 Å². The molecule has 0 bridgehead atoms. The lowest BCUT2D eigenvalue weighted by atomic mass is 10.2. The molecule has 1 aromatic rings. The van der Waals surface area contributed by atoms with Gasteiger partial charge >= 0.3 is 0 Å². The van der Waals surface area contributed by atoms with Crippen LogP contribution >= 0.6 is 27.5 Å². The van der Waals surface area contributed by atoms with Gasteiger partial charge in [0.15, 0.2) is 0 Å². The Morgan fingerprint density at radius 3 is 2.72 bits per heavy atom. The van der Waals surface area contributed by atoms with Crippen molar-refractivity contribution < 1.29 is 9.72 Å². The molecular weight excluding hydrogens is 323 g/mol. The maximum Gasteiger partial charge on any atom is 0.271 e. The third-order valence-corrected chi connectivity index (χ3v) is 2.98. The number of nitro groups is 1. The summed E-state index contributed by atoms with van der Waals surface area (Å²) in [7, 11) is 0. The Morgan fingerprint density at radius 1 is 1.39 bits per heavy atom. The molecule has 18 heavy (non-hydrogen) atoms. The summed E-state index contributed by atoms with van der Waals surface area (Å²) in [4.78, 5) is 21.8. The van der Waals surface area contributed by atoms with Gasteiger partial charge in [-0.1, -0.05) is 27.5 Å². The molecule has 7 heteroatoms. The minimum atomic E-state index is -0.576. The van der Waals surface area contributed by atoms with Crippen molar-refractivity contribution in [3.05, 3.63) is 38.9 Å². The van der Waals surface area contributed by atoms with E-state index in [-0.39, 0.29) is 22.2 Å². The number of hydrogen-bond acceptors (Lipinski definition) is 3. The lowest BCUT2D eigenvalue weighted by Gasteiger charge is -2.05. The van der Waals surface area contributed by atoms with Crippen molar-refractivity contribution in [1.82, 2.24) is 5.32 Å². The number of alkyl halides is 1. The zero-order valence-electron chi connectivity index (χ0n) is 9.49. The van der Waals surface area contributed by atoms with Crippen LogP contribution in [0, 0.1) is 10.1 Å². The number of hydrogen-bond donors (Lipinski definition) is 1. The summed E-state index contributed by atoms with van der Waals surface area (Å²) in [6.45, 7) is 0.532. The maximum atomic E-state index is 11.7. The summed E-state index contributed by atoms with van der Waals surface area (Å²) in [6, 6.07) is 3.84. The highest BCUT2D eigenvalue weighted by atomic mass is 79.9. The number of amides is 1. The molecule has 1 amide bonds. The van der Waals surface area contributed by atoms with Crippen molar-refractivity contribution >= 4 is 39.1 Å². The third kappa shape index (κ3) is 4.62. The van der Waals surface area contributed by atoms with Crippen LogP contribution in [-0.4, -0.2) is 22.7 Å². The quantitative estimate of drug-likeness (QED) is 0.376. The predicted molar refractivity (Wildman–Crippen MR) is 73.5 cm³/mol. The monoisotopic (exact) mass is 334 g/mol. The van der Waals surface area contributed by atoms with Crippen LogP contribution in [0.3, 0.4) is 0 Å². The molecule has 0 aromatic heterocycles. The van der Waals surface area contributed by atoms with Gasteiger partial charge < -0.3 is 5.32 Å². The maximum absolute atomic E-state index is 11.7. The van der Waals surface area contributed by atoms with Gasteiger partial charge in [0.2, 0.25) is 0 Å². The van der Waals surface area contributed by atoms with E-state index in [2.05, 4.69) is 21.2 Å². The first-order valence-electron chi connectivity index (χ1n) is 5.33. The highest BCUT2D eigenvalue weighted by Crippen LogP contribution is 2.20. The van der Waals surface area contributed by atoms with Crippen LogP contribution in [0.5, 0.6) is 0 Å². The van der Waals surface area contributed by atoms with Gasteiger partial charge in [0.1, 0.15) is 0 Å². The van der Waals surface area contributed by atoms with Gasteiger partial charge in [0.05, 0.1) is 4.92 Å². The molecule has 0 fully saturated rings. The van der Waals surface area contributed by atoms with E-state index < -0.39 is 4.92 Å². The van der Waals surface area contributed by atoms with Crippen molar-refractivity contribution in [3.8, 4) is 0 Å². The Bertz CT molecular complexity index is 454. The van der Waals surface area contributed by atoms with Gasteiger partial charge in [-0.25, -0.2) is 0 Å². The van der Waals surface area contributed by atoms with E-state index in [1.165, 1.54) is 18.2 Å².